The van der Waals surface area contributed by atoms with Gasteiger partial charge in [-0.25, -0.2) is 0 Å². The summed E-state index contributed by atoms with van der Waals surface area (Å²) >= 11 is 0. The van der Waals surface area contributed by atoms with Gasteiger partial charge < -0.3 is 16.0 Å². The van der Waals surface area contributed by atoms with Crippen LogP contribution in [0.15, 0.2) is 0 Å². The molecule has 5 heteroatoms. The fourth-order valence-corrected chi connectivity index (χ4v) is 2.57. The largest absolute Gasteiger partial charge is 0.356 e. The van der Waals surface area contributed by atoms with E-state index in [2.05, 4.69) is 16.0 Å². The molecule has 1 saturated heterocycles. The van der Waals surface area contributed by atoms with E-state index in [1.807, 2.05) is 0 Å². The van der Waals surface area contributed by atoms with Gasteiger partial charge in [-0.3, -0.25) is 9.59 Å². The van der Waals surface area contributed by atoms with Crippen molar-refractivity contribution in [1.82, 2.24) is 16.0 Å². The van der Waals surface area contributed by atoms with Gasteiger partial charge in [-0.05, 0) is 45.1 Å². The first kappa shape index (κ1) is 15.3. The fraction of sp³-hybridized carbons (Fsp3) is 0.867. The molecule has 0 radical (unpaired) electrons. The summed E-state index contributed by atoms with van der Waals surface area (Å²) < 4.78 is 0. The Kier molecular flexibility index (Phi) is 6.30. The molecule has 1 aliphatic heterocycles. The van der Waals surface area contributed by atoms with E-state index in [1.54, 1.807) is 0 Å². The Labute approximate surface area is 121 Å². The van der Waals surface area contributed by atoms with Gasteiger partial charge in [0.25, 0.3) is 0 Å². The van der Waals surface area contributed by atoms with Crippen molar-refractivity contribution in [2.75, 3.05) is 13.1 Å². The lowest BCUT2D eigenvalue weighted by Gasteiger charge is -2.23. The molecule has 1 heterocycles. The summed E-state index contributed by atoms with van der Waals surface area (Å²) in [5.41, 5.74) is 0. The Bertz CT molecular complexity index is 323. The highest BCUT2D eigenvalue weighted by molar-refractivity contribution is 5.77. The number of rotatable bonds is 8. The topological polar surface area (TPSA) is 70.2 Å². The lowest BCUT2D eigenvalue weighted by molar-refractivity contribution is -0.123. The van der Waals surface area contributed by atoms with Gasteiger partial charge in [0.15, 0.2) is 0 Å². The van der Waals surface area contributed by atoms with E-state index in [-0.39, 0.29) is 11.8 Å². The van der Waals surface area contributed by atoms with Gasteiger partial charge in [0.2, 0.25) is 11.8 Å². The summed E-state index contributed by atoms with van der Waals surface area (Å²) in [6.45, 7) is 1.69. The lowest BCUT2D eigenvalue weighted by Crippen LogP contribution is -2.35. The average Bonchev–Trinajstić information content (AvgIpc) is 3.26. The highest BCUT2D eigenvalue weighted by Crippen LogP contribution is 2.18. The molecule has 0 aromatic carbocycles. The van der Waals surface area contributed by atoms with Crippen LogP contribution in [0.1, 0.15) is 57.8 Å². The average molecular weight is 281 g/mol. The highest BCUT2D eigenvalue weighted by atomic mass is 16.2. The molecule has 2 fully saturated rings. The van der Waals surface area contributed by atoms with Crippen molar-refractivity contribution in [3.63, 3.8) is 0 Å². The molecule has 2 rings (SSSR count). The Morgan fingerprint density at radius 3 is 2.60 bits per heavy atom. The van der Waals surface area contributed by atoms with Crippen LogP contribution in [0.5, 0.6) is 0 Å². The summed E-state index contributed by atoms with van der Waals surface area (Å²) in [7, 11) is 0. The number of hydrogen-bond donors (Lipinski definition) is 3. The van der Waals surface area contributed by atoms with Crippen LogP contribution in [-0.2, 0) is 9.59 Å². The molecule has 2 aliphatic rings. The molecule has 5 nitrogen and oxygen atoms in total. The zero-order valence-corrected chi connectivity index (χ0v) is 12.2. The van der Waals surface area contributed by atoms with Gasteiger partial charge in [-0.1, -0.05) is 6.42 Å². The second kappa shape index (κ2) is 8.25. The molecule has 1 unspecified atom stereocenters. The SMILES string of the molecule is O=C(CCC1CCCCN1)NCCCC(=O)NC1CC1. The molecular formula is C15H27N3O2. The molecule has 0 aromatic rings. The summed E-state index contributed by atoms with van der Waals surface area (Å²) in [5, 5.41) is 9.30. The number of carbonyl (C=O) groups excluding carboxylic acids is 2. The molecule has 0 bridgehead atoms. The van der Waals surface area contributed by atoms with E-state index >= 15 is 0 Å². The quantitative estimate of drug-likeness (QED) is 0.583. The van der Waals surface area contributed by atoms with Crippen molar-refractivity contribution in [3.8, 4) is 0 Å². The number of nitrogens with one attached hydrogen (secondary N) is 3. The molecule has 0 aromatic heterocycles. The minimum absolute atomic E-state index is 0.111. The van der Waals surface area contributed by atoms with Crippen LogP contribution in [0, 0.1) is 0 Å². The minimum atomic E-state index is 0.111. The van der Waals surface area contributed by atoms with Crippen LogP contribution in [0.2, 0.25) is 0 Å². The zero-order chi connectivity index (χ0) is 14.2. The third-order valence-corrected chi connectivity index (χ3v) is 3.98. The summed E-state index contributed by atoms with van der Waals surface area (Å²) in [6.07, 6.45) is 8.72. The molecule has 2 amide bonds. The first-order chi connectivity index (χ1) is 9.74. The molecule has 1 atom stereocenters. The second-order valence-corrected chi connectivity index (χ2v) is 5.98. The monoisotopic (exact) mass is 281 g/mol. The van der Waals surface area contributed by atoms with Crippen molar-refractivity contribution in [1.29, 1.82) is 0 Å². The number of carbonyl (C=O) groups is 2. The predicted octanol–water partition coefficient (Wildman–Crippen LogP) is 1.08. The maximum Gasteiger partial charge on any atom is 0.220 e. The van der Waals surface area contributed by atoms with Gasteiger partial charge in [0, 0.05) is 31.5 Å². The van der Waals surface area contributed by atoms with Gasteiger partial charge in [-0.15, -0.1) is 0 Å². The van der Waals surface area contributed by atoms with E-state index < -0.39 is 0 Å². The minimum Gasteiger partial charge on any atom is -0.356 e. The smallest absolute Gasteiger partial charge is 0.220 e. The summed E-state index contributed by atoms with van der Waals surface area (Å²) in [5.74, 6) is 0.230. The third kappa shape index (κ3) is 6.37. The Hall–Kier alpha value is -1.10. The van der Waals surface area contributed by atoms with Crippen molar-refractivity contribution >= 4 is 11.8 Å². The van der Waals surface area contributed by atoms with Gasteiger partial charge in [-0.2, -0.15) is 0 Å². The van der Waals surface area contributed by atoms with Crippen molar-refractivity contribution < 1.29 is 9.59 Å². The standard InChI is InChI=1S/C15H27N3O2/c19-14(9-8-12-4-1-2-10-16-12)17-11-3-5-15(20)18-13-6-7-13/h12-13,16H,1-11H2,(H,17,19)(H,18,20). The van der Waals surface area contributed by atoms with Crippen LogP contribution >= 0.6 is 0 Å². The molecule has 0 spiro atoms. The lowest BCUT2D eigenvalue weighted by atomic mass is 10.0. The molecular weight excluding hydrogens is 254 g/mol. The third-order valence-electron chi connectivity index (χ3n) is 3.98. The number of hydrogen-bond acceptors (Lipinski definition) is 3. The van der Waals surface area contributed by atoms with Crippen molar-refractivity contribution in [3.05, 3.63) is 0 Å². The van der Waals surface area contributed by atoms with Crippen LogP contribution in [0.25, 0.3) is 0 Å². The van der Waals surface area contributed by atoms with Gasteiger partial charge >= 0.3 is 0 Å². The number of piperidine rings is 1. The van der Waals surface area contributed by atoms with Crippen molar-refractivity contribution in [2.45, 2.75) is 69.9 Å². The molecule has 1 saturated carbocycles. The van der Waals surface area contributed by atoms with Crippen LogP contribution in [0.4, 0.5) is 0 Å². The normalized spacial score (nSPS) is 22.3. The maximum atomic E-state index is 11.7. The Morgan fingerprint density at radius 2 is 1.90 bits per heavy atom. The number of amides is 2. The van der Waals surface area contributed by atoms with Crippen LogP contribution < -0.4 is 16.0 Å². The highest BCUT2D eigenvalue weighted by Gasteiger charge is 2.22. The van der Waals surface area contributed by atoms with Crippen molar-refractivity contribution in [2.24, 2.45) is 0 Å². The zero-order valence-electron chi connectivity index (χ0n) is 12.2. The molecule has 1 aliphatic carbocycles. The summed E-state index contributed by atoms with van der Waals surface area (Å²) in [4.78, 5) is 23.1. The van der Waals surface area contributed by atoms with E-state index in [9.17, 15) is 9.59 Å². The van der Waals surface area contributed by atoms with E-state index in [0.29, 0.717) is 31.5 Å². The Balaban J connectivity index is 1.43. The predicted molar refractivity (Wildman–Crippen MR) is 78.3 cm³/mol. The van der Waals surface area contributed by atoms with Crippen LogP contribution in [-0.4, -0.2) is 37.0 Å². The van der Waals surface area contributed by atoms with E-state index in [0.717, 1.165) is 32.2 Å². The molecule has 3 N–H and O–H groups in total. The summed E-state index contributed by atoms with van der Waals surface area (Å²) in [6, 6.07) is 0.943. The fourth-order valence-electron chi connectivity index (χ4n) is 2.57. The first-order valence-electron chi connectivity index (χ1n) is 8.03. The van der Waals surface area contributed by atoms with E-state index in [4.69, 9.17) is 0 Å². The molecule has 114 valence electrons. The van der Waals surface area contributed by atoms with Crippen LogP contribution in [0.3, 0.4) is 0 Å². The molecule has 20 heavy (non-hydrogen) atoms. The van der Waals surface area contributed by atoms with Gasteiger partial charge in [0.1, 0.15) is 0 Å². The van der Waals surface area contributed by atoms with E-state index in [1.165, 1.54) is 19.3 Å². The second-order valence-electron chi connectivity index (χ2n) is 5.98. The van der Waals surface area contributed by atoms with Gasteiger partial charge in [0.05, 0.1) is 0 Å². The maximum absolute atomic E-state index is 11.7. The first-order valence-corrected chi connectivity index (χ1v) is 8.03. The Morgan fingerprint density at radius 1 is 1.05 bits per heavy atom.